The predicted octanol–water partition coefficient (Wildman–Crippen LogP) is 5.18. The van der Waals surface area contributed by atoms with Crippen LogP contribution in [-0.4, -0.2) is 31.1 Å². The summed E-state index contributed by atoms with van der Waals surface area (Å²) in [6, 6.07) is 10.0. The highest BCUT2D eigenvalue weighted by atomic mass is 35.5. The van der Waals surface area contributed by atoms with E-state index < -0.39 is 0 Å². The molecule has 0 amide bonds. The van der Waals surface area contributed by atoms with Crippen molar-refractivity contribution in [3.8, 4) is 0 Å². The van der Waals surface area contributed by atoms with E-state index in [1.165, 1.54) is 49.9 Å². The molecular formula is C19H34Cl2N2. The first-order valence-electron chi connectivity index (χ1n) is 8.77. The standard InChI is InChI=1S/C19H32N2.2ClH/c1-4-5-6-7-19(21-14-12-20-13-15-21)18-10-8-17(9-11-18)16(2)3;;/h8-11,16,19-20H,4-7,12-15H2,1-3H3;2*1H/t19-;;/m1../s1. The average molecular weight is 361 g/mol. The fourth-order valence-corrected chi connectivity index (χ4v) is 3.24. The van der Waals surface area contributed by atoms with Gasteiger partial charge in [-0.2, -0.15) is 0 Å². The molecule has 4 heteroatoms. The van der Waals surface area contributed by atoms with Gasteiger partial charge in [-0.25, -0.2) is 0 Å². The monoisotopic (exact) mass is 360 g/mol. The zero-order valence-corrected chi connectivity index (χ0v) is 16.5. The Morgan fingerprint density at radius 1 is 0.957 bits per heavy atom. The highest BCUT2D eigenvalue weighted by molar-refractivity contribution is 5.85. The molecule has 134 valence electrons. The average Bonchev–Trinajstić information content (AvgIpc) is 2.53. The minimum Gasteiger partial charge on any atom is -0.314 e. The fourth-order valence-electron chi connectivity index (χ4n) is 3.24. The molecule has 0 bridgehead atoms. The summed E-state index contributed by atoms with van der Waals surface area (Å²) in [6.45, 7) is 11.5. The SMILES string of the molecule is CCCCC[C@H](c1ccc(C(C)C)cc1)N1CCNCC1.Cl.Cl. The van der Waals surface area contributed by atoms with Crippen molar-refractivity contribution in [1.82, 2.24) is 10.2 Å². The second kappa shape index (κ2) is 12.1. The van der Waals surface area contributed by atoms with Crippen molar-refractivity contribution >= 4 is 24.8 Å². The molecule has 0 spiro atoms. The van der Waals surface area contributed by atoms with Crippen LogP contribution >= 0.6 is 24.8 Å². The van der Waals surface area contributed by atoms with Gasteiger partial charge in [0.1, 0.15) is 0 Å². The number of nitrogens with one attached hydrogen (secondary N) is 1. The van der Waals surface area contributed by atoms with E-state index in [2.05, 4.69) is 55.3 Å². The lowest BCUT2D eigenvalue weighted by atomic mass is 9.95. The molecule has 2 rings (SSSR count). The Morgan fingerprint density at radius 3 is 2.04 bits per heavy atom. The van der Waals surface area contributed by atoms with E-state index in [4.69, 9.17) is 0 Å². The van der Waals surface area contributed by atoms with Crippen molar-refractivity contribution < 1.29 is 0 Å². The van der Waals surface area contributed by atoms with Gasteiger partial charge < -0.3 is 5.32 Å². The summed E-state index contributed by atoms with van der Waals surface area (Å²) in [4.78, 5) is 2.68. The number of benzene rings is 1. The number of piperazine rings is 1. The van der Waals surface area contributed by atoms with Crippen LogP contribution in [0.4, 0.5) is 0 Å². The molecule has 1 fully saturated rings. The number of nitrogens with zero attached hydrogens (tertiary/aromatic N) is 1. The Balaban J connectivity index is 0.00000242. The first kappa shape index (κ1) is 22.7. The van der Waals surface area contributed by atoms with E-state index in [9.17, 15) is 0 Å². The van der Waals surface area contributed by atoms with Crippen molar-refractivity contribution in [1.29, 1.82) is 0 Å². The summed E-state index contributed by atoms with van der Waals surface area (Å²) < 4.78 is 0. The summed E-state index contributed by atoms with van der Waals surface area (Å²) in [5.74, 6) is 0.622. The first-order chi connectivity index (χ1) is 10.2. The zero-order valence-electron chi connectivity index (χ0n) is 14.9. The van der Waals surface area contributed by atoms with Crippen LogP contribution in [0.1, 0.15) is 69.5 Å². The van der Waals surface area contributed by atoms with E-state index in [0.717, 1.165) is 13.1 Å². The van der Waals surface area contributed by atoms with Crippen molar-refractivity contribution in [3.63, 3.8) is 0 Å². The lowest BCUT2D eigenvalue weighted by molar-refractivity contribution is 0.162. The molecule has 1 saturated heterocycles. The summed E-state index contributed by atoms with van der Waals surface area (Å²) >= 11 is 0. The quantitative estimate of drug-likeness (QED) is 0.673. The van der Waals surface area contributed by atoms with Crippen LogP contribution in [0.15, 0.2) is 24.3 Å². The molecule has 1 aromatic rings. The van der Waals surface area contributed by atoms with Crippen LogP contribution in [0, 0.1) is 0 Å². The van der Waals surface area contributed by atoms with Gasteiger partial charge in [-0.15, -0.1) is 24.8 Å². The van der Waals surface area contributed by atoms with Crippen molar-refractivity contribution in [2.45, 2.75) is 58.4 Å². The molecule has 23 heavy (non-hydrogen) atoms. The van der Waals surface area contributed by atoms with E-state index in [1.807, 2.05) is 0 Å². The Morgan fingerprint density at radius 2 is 1.52 bits per heavy atom. The topological polar surface area (TPSA) is 15.3 Å². The number of unbranched alkanes of at least 4 members (excludes halogenated alkanes) is 2. The third kappa shape index (κ3) is 7.01. The normalized spacial score (nSPS) is 16.5. The number of hydrogen-bond donors (Lipinski definition) is 1. The summed E-state index contributed by atoms with van der Waals surface area (Å²) in [5, 5.41) is 3.47. The molecule has 0 radical (unpaired) electrons. The lowest BCUT2D eigenvalue weighted by Crippen LogP contribution is -2.45. The second-order valence-corrected chi connectivity index (χ2v) is 6.62. The summed E-state index contributed by atoms with van der Waals surface area (Å²) in [5.41, 5.74) is 2.96. The van der Waals surface area contributed by atoms with E-state index in [1.54, 1.807) is 0 Å². The maximum absolute atomic E-state index is 3.47. The van der Waals surface area contributed by atoms with Crippen LogP contribution in [0.5, 0.6) is 0 Å². The van der Waals surface area contributed by atoms with Gasteiger partial charge in [0.15, 0.2) is 0 Å². The van der Waals surface area contributed by atoms with Gasteiger partial charge in [-0.1, -0.05) is 64.3 Å². The maximum Gasteiger partial charge on any atom is 0.0349 e. The minimum atomic E-state index is 0. The molecule has 0 aliphatic carbocycles. The number of rotatable bonds is 7. The smallest absolute Gasteiger partial charge is 0.0349 e. The largest absolute Gasteiger partial charge is 0.314 e. The third-order valence-corrected chi connectivity index (χ3v) is 4.66. The number of halogens is 2. The van der Waals surface area contributed by atoms with Gasteiger partial charge in [-0.05, 0) is 23.5 Å². The van der Waals surface area contributed by atoms with Gasteiger partial charge in [0, 0.05) is 32.2 Å². The highest BCUT2D eigenvalue weighted by Gasteiger charge is 2.21. The number of hydrogen-bond acceptors (Lipinski definition) is 2. The molecule has 1 aliphatic rings. The van der Waals surface area contributed by atoms with Gasteiger partial charge in [0.05, 0.1) is 0 Å². The molecule has 1 N–H and O–H groups in total. The Kier molecular flexibility index (Phi) is 12.0. The van der Waals surface area contributed by atoms with Crippen molar-refractivity contribution in [2.75, 3.05) is 26.2 Å². The molecule has 0 unspecified atom stereocenters. The molecule has 0 saturated carbocycles. The van der Waals surface area contributed by atoms with Crippen molar-refractivity contribution in [2.24, 2.45) is 0 Å². The molecular weight excluding hydrogens is 327 g/mol. The maximum atomic E-state index is 3.47. The van der Waals surface area contributed by atoms with Gasteiger partial charge in [0.2, 0.25) is 0 Å². The highest BCUT2D eigenvalue weighted by Crippen LogP contribution is 2.28. The van der Waals surface area contributed by atoms with Crippen LogP contribution < -0.4 is 5.32 Å². The third-order valence-electron chi connectivity index (χ3n) is 4.66. The Bertz CT molecular complexity index is 400. The predicted molar refractivity (Wildman–Crippen MR) is 106 cm³/mol. The van der Waals surface area contributed by atoms with E-state index in [-0.39, 0.29) is 24.8 Å². The van der Waals surface area contributed by atoms with Crippen molar-refractivity contribution in [3.05, 3.63) is 35.4 Å². The van der Waals surface area contributed by atoms with E-state index in [0.29, 0.717) is 12.0 Å². The molecule has 1 aliphatic heterocycles. The minimum absolute atomic E-state index is 0. The van der Waals surface area contributed by atoms with E-state index >= 15 is 0 Å². The first-order valence-corrected chi connectivity index (χ1v) is 8.77. The molecule has 2 nitrogen and oxygen atoms in total. The zero-order chi connectivity index (χ0) is 15.1. The van der Waals surface area contributed by atoms with Gasteiger partial charge in [0.25, 0.3) is 0 Å². The van der Waals surface area contributed by atoms with Crippen LogP contribution in [0.25, 0.3) is 0 Å². The Hall–Kier alpha value is -0.280. The molecule has 0 aromatic heterocycles. The van der Waals surface area contributed by atoms with Gasteiger partial charge >= 0.3 is 0 Å². The molecule has 1 aromatic carbocycles. The second-order valence-electron chi connectivity index (χ2n) is 6.62. The fraction of sp³-hybridized carbons (Fsp3) is 0.684. The molecule has 1 heterocycles. The summed E-state index contributed by atoms with van der Waals surface area (Å²) in [7, 11) is 0. The van der Waals surface area contributed by atoms with Gasteiger partial charge in [-0.3, -0.25) is 4.90 Å². The lowest BCUT2D eigenvalue weighted by Gasteiger charge is -2.35. The van der Waals surface area contributed by atoms with Crippen LogP contribution in [0.2, 0.25) is 0 Å². The Labute approximate surface area is 155 Å². The van der Waals surface area contributed by atoms with Crippen LogP contribution in [-0.2, 0) is 0 Å². The van der Waals surface area contributed by atoms with Crippen LogP contribution in [0.3, 0.4) is 0 Å². The summed E-state index contributed by atoms with van der Waals surface area (Å²) in [6.07, 6.45) is 5.30. The molecule has 1 atom stereocenters.